The Labute approximate surface area is 127 Å². The van der Waals surface area contributed by atoms with Crippen LogP contribution >= 0.6 is 23.2 Å². The fraction of sp³-hybridized carbons (Fsp3) is 0.625. The van der Waals surface area contributed by atoms with E-state index >= 15 is 0 Å². The van der Waals surface area contributed by atoms with Crippen molar-refractivity contribution in [3.05, 3.63) is 33.8 Å². The summed E-state index contributed by atoms with van der Waals surface area (Å²) in [5.74, 6) is 0.873. The van der Waals surface area contributed by atoms with Crippen molar-refractivity contribution in [2.75, 3.05) is 6.54 Å². The minimum atomic E-state index is 0.0967. The normalized spacial score (nSPS) is 15.3. The number of rotatable bonds is 5. The van der Waals surface area contributed by atoms with Crippen LogP contribution in [0.1, 0.15) is 52.5 Å². The first kappa shape index (κ1) is 16.8. The van der Waals surface area contributed by atoms with Crippen molar-refractivity contribution in [3.8, 4) is 0 Å². The highest BCUT2D eigenvalue weighted by atomic mass is 35.5. The van der Waals surface area contributed by atoms with Crippen molar-refractivity contribution in [2.45, 2.75) is 52.5 Å². The summed E-state index contributed by atoms with van der Waals surface area (Å²) in [6.07, 6.45) is 1.11. The van der Waals surface area contributed by atoms with Gasteiger partial charge in [-0.25, -0.2) is 0 Å². The maximum atomic E-state index is 6.36. The molecule has 1 aromatic carbocycles. The maximum Gasteiger partial charge on any atom is 0.0456 e. The van der Waals surface area contributed by atoms with Crippen molar-refractivity contribution < 1.29 is 0 Å². The average Bonchev–Trinajstić information content (AvgIpc) is 2.30. The van der Waals surface area contributed by atoms with E-state index in [-0.39, 0.29) is 5.54 Å². The van der Waals surface area contributed by atoms with Crippen molar-refractivity contribution in [3.63, 3.8) is 0 Å². The largest absolute Gasteiger partial charge is 0.311 e. The molecule has 0 saturated carbocycles. The van der Waals surface area contributed by atoms with Gasteiger partial charge in [-0.15, -0.1) is 0 Å². The van der Waals surface area contributed by atoms with E-state index in [4.69, 9.17) is 23.2 Å². The van der Waals surface area contributed by atoms with Crippen molar-refractivity contribution in [2.24, 2.45) is 5.92 Å². The van der Waals surface area contributed by atoms with Gasteiger partial charge in [0, 0.05) is 28.0 Å². The molecular weight excluding hydrogens is 277 g/mol. The number of benzene rings is 1. The maximum absolute atomic E-state index is 6.36. The molecule has 19 heavy (non-hydrogen) atoms. The zero-order valence-corrected chi connectivity index (χ0v) is 14.1. The lowest BCUT2D eigenvalue weighted by Gasteiger charge is -2.30. The smallest absolute Gasteiger partial charge is 0.0456 e. The fourth-order valence-electron chi connectivity index (χ4n) is 2.15. The minimum Gasteiger partial charge on any atom is -0.311 e. The summed E-state index contributed by atoms with van der Waals surface area (Å²) < 4.78 is 0. The summed E-state index contributed by atoms with van der Waals surface area (Å²) in [6.45, 7) is 11.9. The van der Waals surface area contributed by atoms with Crippen LogP contribution in [0.5, 0.6) is 0 Å². The van der Waals surface area contributed by atoms with Crippen LogP contribution in [0.25, 0.3) is 0 Å². The van der Waals surface area contributed by atoms with E-state index in [1.54, 1.807) is 0 Å². The lowest BCUT2D eigenvalue weighted by molar-refractivity contribution is 0.356. The van der Waals surface area contributed by atoms with Gasteiger partial charge in [0.15, 0.2) is 0 Å². The van der Waals surface area contributed by atoms with Gasteiger partial charge in [-0.2, -0.15) is 0 Å². The summed E-state index contributed by atoms with van der Waals surface area (Å²) in [6, 6.07) is 5.75. The lowest BCUT2D eigenvalue weighted by atomic mass is 9.85. The van der Waals surface area contributed by atoms with E-state index in [9.17, 15) is 0 Å². The molecule has 1 rings (SSSR count). The second-order valence-electron chi connectivity index (χ2n) is 6.26. The molecule has 0 aliphatic carbocycles. The van der Waals surface area contributed by atoms with Gasteiger partial charge in [0.05, 0.1) is 0 Å². The van der Waals surface area contributed by atoms with Crippen LogP contribution < -0.4 is 5.32 Å². The minimum absolute atomic E-state index is 0.0967. The zero-order chi connectivity index (χ0) is 14.6. The molecule has 0 amide bonds. The van der Waals surface area contributed by atoms with Gasteiger partial charge in [-0.3, -0.25) is 0 Å². The van der Waals surface area contributed by atoms with Gasteiger partial charge >= 0.3 is 0 Å². The Hall–Kier alpha value is -0.240. The lowest BCUT2D eigenvalue weighted by Crippen LogP contribution is -2.39. The van der Waals surface area contributed by atoms with E-state index in [2.05, 4.69) is 39.9 Å². The Kier molecular flexibility index (Phi) is 6.16. The van der Waals surface area contributed by atoms with Crippen molar-refractivity contribution in [1.29, 1.82) is 0 Å². The van der Waals surface area contributed by atoms with Gasteiger partial charge in [-0.05, 0) is 44.4 Å². The first-order chi connectivity index (χ1) is 8.76. The van der Waals surface area contributed by atoms with Crippen LogP contribution in [0.4, 0.5) is 0 Å². The monoisotopic (exact) mass is 301 g/mol. The molecule has 0 saturated heterocycles. The standard InChI is InChI=1S/C16H25Cl2N/c1-6-11(2)12(10-19-16(3,4)5)15-13(17)8-7-9-14(15)18/h7-9,11-12,19H,6,10H2,1-5H3. The highest BCUT2D eigenvalue weighted by Gasteiger charge is 2.24. The second-order valence-corrected chi connectivity index (χ2v) is 7.07. The van der Waals surface area contributed by atoms with Crippen LogP contribution in [0, 0.1) is 5.92 Å². The van der Waals surface area contributed by atoms with Crippen LogP contribution in [-0.4, -0.2) is 12.1 Å². The number of halogens is 2. The van der Waals surface area contributed by atoms with Crippen LogP contribution in [-0.2, 0) is 0 Å². The molecule has 0 aliphatic heterocycles. The molecule has 0 spiro atoms. The van der Waals surface area contributed by atoms with Gasteiger partial charge in [0.2, 0.25) is 0 Å². The number of hydrogen-bond acceptors (Lipinski definition) is 1. The Morgan fingerprint density at radius 2 is 1.68 bits per heavy atom. The molecule has 0 aromatic heterocycles. The Bertz CT molecular complexity index is 389. The van der Waals surface area contributed by atoms with Crippen LogP contribution in [0.3, 0.4) is 0 Å². The molecule has 2 unspecified atom stereocenters. The molecule has 2 atom stereocenters. The summed E-state index contributed by atoms with van der Waals surface area (Å²) in [7, 11) is 0. The summed E-state index contributed by atoms with van der Waals surface area (Å²) in [5, 5.41) is 5.12. The van der Waals surface area contributed by atoms with E-state index in [1.807, 2.05) is 18.2 Å². The first-order valence-electron chi connectivity index (χ1n) is 6.95. The predicted octanol–water partition coefficient (Wildman–Crippen LogP) is 5.51. The number of nitrogens with one attached hydrogen (secondary N) is 1. The molecule has 0 radical (unpaired) electrons. The fourth-order valence-corrected chi connectivity index (χ4v) is 2.83. The van der Waals surface area contributed by atoms with Gasteiger partial charge < -0.3 is 5.32 Å². The molecule has 1 nitrogen and oxygen atoms in total. The third kappa shape index (κ3) is 4.98. The van der Waals surface area contributed by atoms with E-state index < -0.39 is 0 Å². The Morgan fingerprint density at radius 1 is 1.16 bits per heavy atom. The van der Waals surface area contributed by atoms with E-state index in [0.29, 0.717) is 11.8 Å². The second kappa shape index (κ2) is 6.97. The molecule has 0 aliphatic rings. The summed E-state index contributed by atoms with van der Waals surface area (Å²) >= 11 is 12.7. The molecule has 3 heteroatoms. The highest BCUT2D eigenvalue weighted by molar-refractivity contribution is 6.36. The third-order valence-electron chi connectivity index (χ3n) is 3.55. The van der Waals surface area contributed by atoms with Crippen molar-refractivity contribution >= 4 is 23.2 Å². The Morgan fingerprint density at radius 3 is 2.11 bits per heavy atom. The quantitative estimate of drug-likeness (QED) is 0.756. The summed E-state index contributed by atoms with van der Waals surface area (Å²) in [4.78, 5) is 0. The number of hydrogen-bond donors (Lipinski definition) is 1. The molecule has 108 valence electrons. The predicted molar refractivity (Wildman–Crippen MR) is 86.4 cm³/mol. The Balaban J connectivity index is 3.03. The highest BCUT2D eigenvalue weighted by Crippen LogP contribution is 2.36. The molecular formula is C16H25Cl2N. The molecule has 0 bridgehead atoms. The van der Waals surface area contributed by atoms with Gasteiger partial charge in [0.1, 0.15) is 0 Å². The van der Waals surface area contributed by atoms with Crippen LogP contribution in [0.2, 0.25) is 10.0 Å². The van der Waals surface area contributed by atoms with Crippen molar-refractivity contribution in [1.82, 2.24) is 5.32 Å². The topological polar surface area (TPSA) is 12.0 Å². The first-order valence-corrected chi connectivity index (χ1v) is 7.70. The zero-order valence-electron chi connectivity index (χ0n) is 12.6. The SMILES string of the molecule is CCC(C)C(CNC(C)(C)C)c1c(Cl)cccc1Cl. The van der Waals surface area contributed by atoms with Gasteiger partial charge in [-0.1, -0.05) is 49.5 Å². The molecule has 0 heterocycles. The summed E-state index contributed by atoms with van der Waals surface area (Å²) in [5.41, 5.74) is 1.18. The molecule has 1 N–H and O–H groups in total. The van der Waals surface area contributed by atoms with E-state index in [1.165, 1.54) is 0 Å². The van der Waals surface area contributed by atoms with Crippen LogP contribution in [0.15, 0.2) is 18.2 Å². The molecule has 1 aromatic rings. The molecule has 0 fully saturated rings. The van der Waals surface area contributed by atoms with Gasteiger partial charge in [0.25, 0.3) is 0 Å². The third-order valence-corrected chi connectivity index (χ3v) is 4.21. The van der Waals surface area contributed by atoms with E-state index in [0.717, 1.165) is 28.6 Å². The average molecular weight is 302 g/mol.